The normalized spacial score (nSPS) is 12.2. The van der Waals surface area contributed by atoms with Crippen LogP contribution in [0.4, 0.5) is 0 Å². The van der Waals surface area contributed by atoms with E-state index in [2.05, 4.69) is 37.4 Å². The number of hydrogen-bond acceptors (Lipinski definition) is 2. The monoisotopic (exact) mass is 271 g/mol. The average Bonchev–Trinajstić information content (AvgIpc) is 2.71. The molecule has 1 unspecified atom stereocenters. The van der Waals surface area contributed by atoms with Gasteiger partial charge in [-0.1, -0.05) is 18.2 Å². The summed E-state index contributed by atoms with van der Waals surface area (Å²) in [6.07, 6.45) is 0. The predicted molar refractivity (Wildman–Crippen MR) is 80.0 cm³/mol. The van der Waals surface area contributed by atoms with Gasteiger partial charge in [-0.15, -0.1) is 0 Å². The Morgan fingerprint density at radius 1 is 1.10 bits per heavy atom. The standard InChI is InChI=1S/C17H21NO2/c1-10-6-7-15(8-11(10)2)13(4)18-17(19)16-9-12(3)20-14(16)5/h6-9,13H,1-5H3,(H,18,19). The van der Waals surface area contributed by atoms with E-state index in [4.69, 9.17) is 4.42 Å². The quantitative estimate of drug-likeness (QED) is 0.916. The molecule has 0 radical (unpaired) electrons. The smallest absolute Gasteiger partial charge is 0.255 e. The Bertz CT molecular complexity index is 640. The van der Waals surface area contributed by atoms with E-state index in [1.165, 1.54) is 11.1 Å². The van der Waals surface area contributed by atoms with Crippen LogP contribution in [0.3, 0.4) is 0 Å². The van der Waals surface area contributed by atoms with E-state index in [1.54, 1.807) is 6.07 Å². The molecule has 1 aromatic carbocycles. The lowest BCUT2D eigenvalue weighted by molar-refractivity contribution is 0.0938. The number of amides is 1. The van der Waals surface area contributed by atoms with Crippen molar-refractivity contribution in [3.8, 4) is 0 Å². The molecule has 2 aromatic rings. The van der Waals surface area contributed by atoms with Gasteiger partial charge in [-0.2, -0.15) is 0 Å². The first-order valence-corrected chi connectivity index (χ1v) is 6.83. The summed E-state index contributed by atoms with van der Waals surface area (Å²) in [5.74, 6) is 1.32. The maximum absolute atomic E-state index is 12.2. The van der Waals surface area contributed by atoms with E-state index in [9.17, 15) is 4.79 Å². The van der Waals surface area contributed by atoms with Gasteiger partial charge in [0.25, 0.3) is 5.91 Å². The van der Waals surface area contributed by atoms with Crippen LogP contribution in [0.15, 0.2) is 28.7 Å². The maximum Gasteiger partial charge on any atom is 0.255 e. The highest BCUT2D eigenvalue weighted by Crippen LogP contribution is 2.19. The highest BCUT2D eigenvalue weighted by Gasteiger charge is 2.16. The molecule has 0 aliphatic rings. The summed E-state index contributed by atoms with van der Waals surface area (Å²) < 4.78 is 5.40. The third-order valence-corrected chi connectivity index (χ3v) is 3.66. The summed E-state index contributed by atoms with van der Waals surface area (Å²) in [6, 6.07) is 8.00. The largest absolute Gasteiger partial charge is 0.466 e. The molecule has 0 bridgehead atoms. The molecular formula is C17H21NO2. The summed E-state index contributed by atoms with van der Waals surface area (Å²) in [7, 11) is 0. The molecule has 3 heteroatoms. The summed E-state index contributed by atoms with van der Waals surface area (Å²) >= 11 is 0. The number of carbonyl (C=O) groups excluding carboxylic acids is 1. The van der Waals surface area contributed by atoms with Crippen molar-refractivity contribution in [3.63, 3.8) is 0 Å². The van der Waals surface area contributed by atoms with Crippen LogP contribution >= 0.6 is 0 Å². The molecule has 1 heterocycles. The zero-order valence-corrected chi connectivity index (χ0v) is 12.7. The average molecular weight is 271 g/mol. The number of benzene rings is 1. The molecule has 20 heavy (non-hydrogen) atoms. The van der Waals surface area contributed by atoms with Crippen molar-refractivity contribution in [3.05, 3.63) is 58.0 Å². The van der Waals surface area contributed by atoms with Crippen LogP contribution in [0.5, 0.6) is 0 Å². The number of carbonyl (C=O) groups is 1. The third kappa shape index (κ3) is 2.93. The Morgan fingerprint density at radius 3 is 2.35 bits per heavy atom. The van der Waals surface area contributed by atoms with Crippen molar-refractivity contribution in [1.29, 1.82) is 0 Å². The molecule has 106 valence electrons. The molecule has 0 saturated carbocycles. The molecule has 1 aromatic heterocycles. The van der Waals surface area contributed by atoms with Crippen molar-refractivity contribution in [1.82, 2.24) is 5.32 Å². The second-order valence-corrected chi connectivity index (χ2v) is 5.37. The summed E-state index contributed by atoms with van der Waals surface area (Å²) in [6.45, 7) is 9.81. The van der Waals surface area contributed by atoms with E-state index in [0.717, 1.165) is 11.3 Å². The van der Waals surface area contributed by atoms with Gasteiger partial charge < -0.3 is 9.73 Å². The van der Waals surface area contributed by atoms with Crippen molar-refractivity contribution in [2.75, 3.05) is 0 Å². The minimum atomic E-state index is -0.0925. The molecule has 0 fully saturated rings. The summed E-state index contributed by atoms with van der Waals surface area (Å²) in [4.78, 5) is 12.2. The zero-order valence-electron chi connectivity index (χ0n) is 12.7. The lowest BCUT2D eigenvalue weighted by Gasteiger charge is -2.15. The summed E-state index contributed by atoms with van der Waals surface area (Å²) in [5, 5.41) is 3.01. The van der Waals surface area contributed by atoms with Gasteiger partial charge in [0, 0.05) is 0 Å². The summed E-state index contributed by atoms with van der Waals surface area (Å²) in [5.41, 5.74) is 4.21. The lowest BCUT2D eigenvalue weighted by Crippen LogP contribution is -2.26. The number of rotatable bonds is 3. The fourth-order valence-electron chi connectivity index (χ4n) is 2.25. The first-order valence-electron chi connectivity index (χ1n) is 6.83. The van der Waals surface area contributed by atoms with Gasteiger partial charge in [-0.3, -0.25) is 4.79 Å². The van der Waals surface area contributed by atoms with Crippen LogP contribution in [-0.2, 0) is 0 Å². The van der Waals surface area contributed by atoms with Crippen LogP contribution in [0.2, 0.25) is 0 Å². The van der Waals surface area contributed by atoms with Crippen LogP contribution in [0, 0.1) is 27.7 Å². The molecule has 0 spiro atoms. The lowest BCUT2D eigenvalue weighted by atomic mass is 10.0. The van der Waals surface area contributed by atoms with E-state index in [0.29, 0.717) is 11.3 Å². The highest BCUT2D eigenvalue weighted by atomic mass is 16.3. The molecule has 2 rings (SSSR count). The SMILES string of the molecule is Cc1cc(C(=O)NC(C)c2ccc(C)c(C)c2)c(C)o1. The predicted octanol–water partition coefficient (Wildman–Crippen LogP) is 4.00. The number of nitrogens with one attached hydrogen (secondary N) is 1. The van der Waals surface area contributed by atoms with Gasteiger partial charge in [0.05, 0.1) is 11.6 Å². The van der Waals surface area contributed by atoms with Gasteiger partial charge in [-0.25, -0.2) is 0 Å². The fourth-order valence-corrected chi connectivity index (χ4v) is 2.25. The van der Waals surface area contributed by atoms with Gasteiger partial charge in [0.15, 0.2) is 0 Å². The molecule has 1 atom stereocenters. The molecule has 1 N–H and O–H groups in total. The Morgan fingerprint density at radius 2 is 1.80 bits per heavy atom. The van der Waals surface area contributed by atoms with E-state index < -0.39 is 0 Å². The van der Waals surface area contributed by atoms with E-state index >= 15 is 0 Å². The second kappa shape index (κ2) is 5.53. The van der Waals surface area contributed by atoms with Gasteiger partial charge in [0.1, 0.15) is 11.5 Å². The minimum absolute atomic E-state index is 0.0311. The number of aryl methyl sites for hydroxylation is 4. The van der Waals surface area contributed by atoms with Crippen LogP contribution < -0.4 is 5.32 Å². The maximum atomic E-state index is 12.2. The van der Waals surface area contributed by atoms with Crippen LogP contribution in [0.1, 0.15) is 51.5 Å². The van der Waals surface area contributed by atoms with E-state index in [1.807, 2.05) is 20.8 Å². The fraction of sp³-hybridized carbons (Fsp3) is 0.353. The molecule has 0 aliphatic heterocycles. The molecule has 1 amide bonds. The molecule has 0 saturated heterocycles. The topological polar surface area (TPSA) is 42.2 Å². The number of hydrogen-bond donors (Lipinski definition) is 1. The van der Waals surface area contributed by atoms with E-state index in [-0.39, 0.29) is 11.9 Å². The van der Waals surface area contributed by atoms with Crippen molar-refractivity contribution in [2.24, 2.45) is 0 Å². The van der Waals surface area contributed by atoms with Crippen LogP contribution in [0.25, 0.3) is 0 Å². The Labute approximate surface area is 120 Å². The van der Waals surface area contributed by atoms with Gasteiger partial charge in [0.2, 0.25) is 0 Å². The molecule has 3 nitrogen and oxygen atoms in total. The Hall–Kier alpha value is -2.03. The Balaban J connectivity index is 2.14. The highest BCUT2D eigenvalue weighted by molar-refractivity contribution is 5.95. The van der Waals surface area contributed by atoms with Crippen molar-refractivity contribution >= 4 is 5.91 Å². The first-order chi connectivity index (χ1) is 9.38. The molecular weight excluding hydrogens is 250 g/mol. The molecule has 0 aliphatic carbocycles. The zero-order chi connectivity index (χ0) is 14.9. The van der Waals surface area contributed by atoms with Gasteiger partial charge >= 0.3 is 0 Å². The minimum Gasteiger partial charge on any atom is -0.466 e. The third-order valence-electron chi connectivity index (χ3n) is 3.66. The Kier molecular flexibility index (Phi) is 3.98. The first kappa shape index (κ1) is 14.4. The van der Waals surface area contributed by atoms with Gasteiger partial charge in [-0.05, 0) is 57.4 Å². The number of furan rings is 1. The van der Waals surface area contributed by atoms with Crippen LogP contribution in [-0.4, -0.2) is 5.91 Å². The van der Waals surface area contributed by atoms with Crippen molar-refractivity contribution < 1.29 is 9.21 Å². The van der Waals surface area contributed by atoms with Crippen molar-refractivity contribution in [2.45, 2.75) is 40.7 Å². The second-order valence-electron chi connectivity index (χ2n) is 5.37.